The maximum absolute atomic E-state index is 12.7. The van der Waals surface area contributed by atoms with Crippen LogP contribution in [-0.2, 0) is 16.0 Å². The maximum Gasteiger partial charge on any atom is 0.260 e. The molecule has 2 heterocycles. The first-order valence-electron chi connectivity index (χ1n) is 11.6. The minimum atomic E-state index is 0.0983. The Labute approximate surface area is 185 Å². The first-order valence-corrected chi connectivity index (χ1v) is 11.6. The van der Waals surface area contributed by atoms with E-state index in [1.165, 1.54) is 12.0 Å². The second-order valence-electron chi connectivity index (χ2n) is 8.63. The average Bonchev–Trinajstić information content (AvgIpc) is 2.84. The summed E-state index contributed by atoms with van der Waals surface area (Å²) in [5, 5.41) is 0. The van der Waals surface area contributed by atoms with Crippen LogP contribution in [0.3, 0.4) is 0 Å². The third kappa shape index (κ3) is 6.55. The number of para-hydroxylation sites is 1. The molecular weight excluding hydrogens is 388 g/mol. The molecule has 2 aliphatic rings. The van der Waals surface area contributed by atoms with E-state index in [2.05, 4.69) is 23.1 Å². The van der Waals surface area contributed by atoms with Gasteiger partial charge in [0.15, 0.2) is 6.61 Å². The highest BCUT2D eigenvalue weighted by Gasteiger charge is 2.24. The van der Waals surface area contributed by atoms with Crippen molar-refractivity contribution in [1.29, 1.82) is 0 Å². The van der Waals surface area contributed by atoms with Crippen LogP contribution in [0.2, 0.25) is 0 Å². The molecule has 0 saturated carbocycles. The zero-order chi connectivity index (χ0) is 21.3. The molecule has 0 N–H and O–H groups in total. The number of carbonyl (C=O) groups excluding carboxylic acids is 1. The first-order chi connectivity index (χ1) is 15.3. The predicted octanol–water partition coefficient (Wildman–Crippen LogP) is 3.62. The van der Waals surface area contributed by atoms with Crippen LogP contribution in [0, 0.1) is 5.92 Å². The average molecular weight is 423 g/mol. The maximum atomic E-state index is 12.7. The topological polar surface area (TPSA) is 42.0 Å². The van der Waals surface area contributed by atoms with Crippen molar-refractivity contribution < 1.29 is 14.3 Å². The summed E-state index contributed by atoms with van der Waals surface area (Å²) in [5.74, 6) is 1.63. The standard InChI is InChI=1S/C26H34N2O3/c29-26(28-14-11-22(12-15-28)10-13-27-16-18-30-19-17-27)21-31-25-9-5-4-8-24(25)20-23-6-2-1-3-7-23/h1-9,22H,10-21H2. The van der Waals surface area contributed by atoms with E-state index in [0.717, 1.165) is 82.4 Å². The van der Waals surface area contributed by atoms with Crippen molar-refractivity contribution >= 4 is 5.91 Å². The molecule has 2 fully saturated rings. The van der Waals surface area contributed by atoms with E-state index in [1.807, 2.05) is 41.3 Å². The molecule has 2 saturated heterocycles. The van der Waals surface area contributed by atoms with Crippen molar-refractivity contribution in [3.05, 3.63) is 65.7 Å². The number of piperidine rings is 1. The van der Waals surface area contributed by atoms with Gasteiger partial charge in [-0.15, -0.1) is 0 Å². The van der Waals surface area contributed by atoms with Gasteiger partial charge in [0.1, 0.15) is 5.75 Å². The third-order valence-electron chi connectivity index (χ3n) is 6.49. The monoisotopic (exact) mass is 422 g/mol. The van der Waals surface area contributed by atoms with Crippen LogP contribution in [0.25, 0.3) is 0 Å². The van der Waals surface area contributed by atoms with E-state index in [1.54, 1.807) is 0 Å². The summed E-state index contributed by atoms with van der Waals surface area (Å²) in [6.45, 7) is 6.81. The third-order valence-corrected chi connectivity index (χ3v) is 6.49. The number of hydrogen-bond donors (Lipinski definition) is 0. The number of morpholine rings is 1. The molecule has 31 heavy (non-hydrogen) atoms. The molecule has 0 aliphatic carbocycles. The van der Waals surface area contributed by atoms with Crippen LogP contribution in [0.15, 0.2) is 54.6 Å². The highest BCUT2D eigenvalue weighted by Crippen LogP contribution is 2.23. The van der Waals surface area contributed by atoms with Crippen LogP contribution in [0.5, 0.6) is 5.75 Å². The minimum absolute atomic E-state index is 0.0983. The van der Waals surface area contributed by atoms with Gasteiger partial charge in [-0.2, -0.15) is 0 Å². The van der Waals surface area contributed by atoms with Crippen molar-refractivity contribution in [3.8, 4) is 5.75 Å². The second kappa shape index (κ2) is 11.3. The molecule has 0 unspecified atom stereocenters. The molecule has 0 aromatic heterocycles. The summed E-state index contributed by atoms with van der Waals surface area (Å²) in [6, 6.07) is 18.4. The lowest BCUT2D eigenvalue weighted by atomic mass is 9.93. The largest absolute Gasteiger partial charge is 0.483 e. The Kier molecular flexibility index (Phi) is 7.97. The van der Waals surface area contributed by atoms with E-state index in [-0.39, 0.29) is 12.5 Å². The van der Waals surface area contributed by atoms with Gasteiger partial charge in [-0.1, -0.05) is 48.5 Å². The molecule has 2 aromatic carbocycles. The highest BCUT2D eigenvalue weighted by atomic mass is 16.5. The van der Waals surface area contributed by atoms with Gasteiger partial charge in [0.05, 0.1) is 13.2 Å². The summed E-state index contributed by atoms with van der Waals surface area (Å²) < 4.78 is 11.4. The number of nitrogens with zero attached hydrogens (tertiary/aromatic N) is 2. The fourth-order valence-corrected chi connectivity index (χ4v) is 4.50. The summed E-state index contributed by atoms with van der Waals surface area (Å²) >= 11 is 0. The van der Waals surface area contributed by atoms with Gasteiger partial charge in [-0.3, -0.25) is 9.69 Å². The van der Waals surface area contributed by atoms with Crippen LogP contribution in [-0.4, -0.2) is 68.3 Å². The minimum Gasteiger partial charge on any atom is -0.483 e. The molecule has 0 radical (unpaired) electrons. The zero-order valence-electron chi connectivity index (χ0n) is 18.4. The Bertz CT molecular complexity index is 812. The van der Waals surface area contributed by atoms with Gasteiger partial charge >= 0.3 is 0 Å². The van der Waals surface area contributed by atoms with Crippen LogP contribution in [0.4, 0.5) is 0 Å². The number of amides is 1. The summed E-state index contributed by atoms with van der Waals surface area (Å²) in [6.07, 6.45) is 4.23. The van der Waals surface area contributed by atoms with Gasteiger partial charge in [0.25, 0.3) is 5.91 Å². The quantitative estimate of drug-likeness (QED) is 0.652. The molecule has 166 valence electrons. The molecule has 0 bridgehead atoms. The van der Waals surface area contributed by atoms with Crippen molar-refractivity contribution in [1.82, 2.24) is 9.80 Å². The zero-order valence-corrected chi connectivity index (χ0v) is 18.4. The van der Waals surface area contributed by atoms with Crippen molar-refractivity contribution in [2.75, 3.05) is 52.5 Å². The Morgan fingerprint density at radius 1 is 0.935 bits per heavy atom. The van der Waals surface area contributed by atoms with Gasteiger partial charge in [-0.05, 0) is 48.9 Å². The Morgan fingerprint density at radius 3 is 2.42 bits per heavy atom. The van der Waals surface area contributed by atoms with E-state index in [4.69, 9.17) is 9.47 Å². The number of carbonyl (C=O) groups is 1. The van der Waals surface area contributed by atoms with Crippen molar-refractivity contribution in [2.24, 2.45) is 5.92 Å². The lowest BCUT2D eigenvalue weighted by Gasteiger charge is -2.34. The molecule has 4 rings (SSSR count). The fraction of sp³-hybridized carbons (Fsp3) is 0.500. The summed E-state index contributed by atoms with van der Waals surface area (Å²) in [4.78, 5) is 17.2. The van der Waals surface area contributed by atoms with Gasteiger partial charge in [-0.25, -0.2) is 0 Å². The number of likely N-dealkylation sites (tertiary alicyclic amines) is 1. The first kappa shape index (κ1) is 21.8. The number of ether oxygens (including phenoxy) is 2. The molecule has 1 amide bonds. The van der Waals surface area contributed by atoms with Gasteiger partial charge in [0.2, 0.25) is 0 Å². The van der Waals surface area contributed by atoms with E-state index >= 15 is 0 Å². The molecule has 2 aromatic rings. The molecule has 0 spiro atoms. The highest BCUT2D eigenvalue weighted by molar-refractivity contribution is 5.77. The Morgan fingerprint density at radius 2 is 1.65 bits per heavy atom. The summed E-state index contributed by atoms with van der Waals surface area (Å²) in [7, 11) is 0. The predicted molar refractivity (Wildman–Crippen MR) is 122 cm³/mol. The Balaban J connectivity index is 1.21. The van der Waals surface area contributed by atoms with E-state index in [0.29, 0.717) is 0 Å². The lowest BCUT2D eigenvalue weighted by molar-refractivity contribution is -0.134. The second-order valence-corrected chi connectivity index (χ2v) is 8.63. The van der Waals surface area contributed by atoms with E-state index in [9.17, 15) is 4.79 Å². The number of hydrogen-bond acceptors (Lipinski definition) is 4. The van der Waals surface area contributed by atoms with Gasteiger partial charge < -0.3 is 14.4 Å². The van der Waals surface area contributed by atoms with Crippen molar-refractivity contribution in [3.63, 3.8) is 0 Å². The van der Waals surface area contributed by atoms with Gasteiger partial charge in [0, 0.05) is 32.6 Å². The summed E-state index contributed by atoms with van der Waals surface area (Å²) in [5.41, 5.74) is 2.35. The molecule has 5 heteroatoms. The lowest BCUT2D eigenvalue weighted by Crippen LogP contribution is -2.42. The number of benzene rings is 2. The Hall–Kier alpha value is -2.37. The number of rotatable bonds is 8. The normalized spacial score (nSPS) is 18.1. The van der Waals surface area contributed by atoms with Crippen LogP contribution >= 0.6 is 0 Å². The molecule has 2 aliphatic heterocycles. The molecular formula is C26H34N2O3. The molecule has 5 nitrogen and oxygen atoms in total. The van der Waals surface area contributed by atoms with Crippen LogP contribution in [0.1, 0.15) is 30.4 Å². The molecule has 0 atom stereocenters. The SMILES string of the molecule is O=C(COc1ccccc1Cc1ccccc1)N1CCC(CCN2CCOCC2)CC1. The van der Waals surface area contributed by atoms with E-state index < -0.39 is 0 Å². The van der Waals surface area contributed by atoms with Crippen molar-refractivity contribution in [2.45, 2.75) is 25.7 Å². The van der Waals surface area contributed by atoms with Crippen LogP contribution < -0.4 is 4.74 Å². The smallest absolute Gasteiger partial charge is 0.260 e. The fourth-order valence-electron chi connectivity index (χ4n) is 4.50.